The van der Waals surface area contributed by atoms with Gasteiger partial charge in [0.05, 0.1) is 6.54 Å². The van der Waals surface area contributed by atoms with Crippen molar-refractivity contribution < 1.29 is 4.79 Å². The summed E-state index contributed by atoms with van der Waals surface area (Å²) in [6, 6.07) is 3.32. The molecule has 1 amide bonds. The zero-order valence-electron chi connectivity index (χ0n) is 17.1. The van der Waals surface area contributed by atoms with E-state index in [1.807, 2.05) is 18.9 Å². The number of piperazine rings is 1. The van der Waals surface area contributed by atoms with Crippen LogP contribution >= 0.6 is 11.3 Å². The van der Waals surface area contributed by atoms with Crippen molar-refractivity contribution in [2.24, 2.45) is 0 Å². The molecule has 1 aliphatic rings. The fourth-order valence-corrected chi connectivity index (χ4v) is 4.25. The Morgan fingerprint density at radius 1 is 1.20 bits per heavy atom. The van der Waals surface area contributed by atoms with Crippen LogP contribution in [0.25, 0.3) is 4.96 Å². The summed E-state index contributed by atoms with van der Waals surface area (Å²) in [7, 11) is 1.81. The zero-order valence-corrected chi connectivity index (χ0v) is 17.9. The van der Waals surface area contributed by atoms with Crippen LogP contribution in [-0.4, -0.2) is 75.1 Å². The number of fused-ring (bicyclic) bond motifs is 1. The van der Waals surface area contributed by atoms with E-state index in [0.29, 0.717) is 42.2 Å². The van der Waals surface area contributed by atoms with Crippen LogP contribution in [0.2, 0.25) is 0 Å². The standard InChI is InChI=1S/C19H24N8O2S/c1-3-5-14-12-15(28)27-18(22-14)30-19(23-27)24(2)13-16(29)25-8-10-26(11-9-25)17-20-6-4-7-21-17/h4,6-7,12H,3,5,8-11,13H2,1-2H3. The van der Waals surface area contributed by atoms with Crippen LogP contribution in [-0.2, 0) is 11.2 Å². The Hall–Kier alpha value is -3.08. The van der Waals surface area contributed by atoms with Crippen molar-refractivity contribution in [1.82, 2.24) is 29.5 Å². The summed E-state index contributed by atoms with van der Waals surface area (Å²) in [4.78, 5) is 44.4. The average Bonchev–Trinajstić information content (AvgIpc) is 3.20. The highest BCUT2D eigenvalue weighted by molar-refractivity contribution is 7.20. The molecule has 3 aromatic heterocycles. The van der Waals surface area contributed by atoms with Gasteiger partial charge in [0.2, 0.25) is 21.9 Å². The Balaban J connectivity index is 1.39. The molecule has 1 fully saturated rings. The van der Waals surface area contributed by atoms with Crippen molar-refractivity contribution in [1.29, 1.82) is 0 Å². The smallest absolute Gasteiger partial charge is 0.275 e. The highest BCUT2D eigenvalue weighted by atomic mass is 32.1. The van der Waals surface area contributed by atoms with Gasteiger partial charge in [-0.1, -0.05) is 24.7 Å². The third-order valence-corrected chi connectivity index (χ3v) is 5.98. The highest BCUT2D eigenvalue weighted by Crippen LogP contribution is 2.20. The second-order valence-electron chi connectivity index (χ2n) is 7.19. The quantitative estimate of drug-likeness (QED) is 0.565. The van der Waals surface area contributed by atoms with Gasteiger partial charge in [-0.15, -0.1) is 5.10 Å². The Kier molecular flexibility index (Phi) is 5.88. The van der Waals surface area contributed by atoms with Crippen LogP contribution in [0.15, 0.2) is 29.3 Å². The number of likely N-dealkylation sites (N-methyl/N-ethyl adjacent to an activating group) is 1. The minimum atomic E-state index is -0.190. The third-order valence-electron chi connectivity index (χ3n) is 4.96. The first-order valence-corrected chi connectivity index (χ1v) is 10.8. The van der Waals surface area contributed by atoms with Crippen molar-refractivity contribution in [2.45, 2.75) is 19.8 Å². The molecule has 0 saturated carbocycles. The SMILES string of the molecule is CCCc1cc(=O)n2nc(N(C)CC(=O)N3CCN(c4ncccn4)CC3)sc2n1. The molecule has 0 spiro atoms. The van der Waals surface area contributed by atoms with Gasteiger partial charge in [0, 0.05) is 57.4 Å². The molecule has 0 N–H and O–H groups in total. The molecule has 1 saturated heterocycles. The maximum atomic E-state index is 12.8. The van der Waals surface area contributed by atoms with E-state index >= 15 is 0 Å². The number of amides is 1. The Bertz CT molecular complexity index is 1080. The van der Waals surface area contributed by atoms with Gasteiger partial charge >= 0.3 is 0 Å². The van der Waals surface area contributed by atoms with Crippen LogP contribution in [0, 0.1) is 0 Å². The molecule has 0 aromatic carbocycles. The summed E-state index contributed by atoms with van der Waals surface area (Å²) in [6.45, 7) is 4.87. The highest BCUT2D eigenvalue weighted by Gasteiger charge is 2.24. The number of carbonyl (C=O) groups excluding carboxylic acids is 1. The predicted octanol–water partition coefficient (Wildman–Crippen LogP) is 0.679. The van der Waals surface area contributed by atoms with Gasteiger partial charge in [-0.3, -0.25) is 9.59 Å². The zero-order chi connectivity index (χ0) is 21.1. The molecule has 11 heteroatoms. The van der Waals surface area contributed by atoms with Crippen molar-refractivity contribution in [2.75, 3.05) is 49.6 Å². The van der Waals surface area contributed by atoms with Crippen LogP contribution in [0.4, 0.5) is 11.1 Å². The van der Waals surface area contributed by atoms with Gasteiger partial charge < -0.3 is 14.7 Å². The maximum Gasteiger partial charge on any atom is 0.275 e. The molecule has 0 atom stereocenters. The Labute approximate surface area is 177 Å². The van der Waals surface area contributed by atoms with E-state index in [2.05, 4.69) is 25.0 Å². The second kappa shape index (κ2) is 8.74. The number of aryl methyl sites for hydroxylation is 1. The molecule has 30 heavy (non-hydrogen) atoms. The molecule has 4 heterocycles. The Morgan fingerprint density at radius 2 is 1.93 bits per heavy atom. The number of hydrogen-bond donors (Lipinski definition) is 0. The number of anilines is 2. The minimum Gasteiger partial charge on any atom is -0.340 e. The van der Waals surface area contributed by atoms with E-state index in [0.717, 1.165) is 18.5 Å². The molecule has 0 unspecified atom stereocenters. The van der Waals surface area contributed by atoms with Crippen LogP contribution in [0.1, 0.15) is 19.0 Å². The van der Waals surface area contributed by atoms with E-state index in [4.69, 9.17) is 0 Å². The molecule has 10 nitrogen and oxygen atoms in total. The summed E-state index contributed by atoms with van der Waals surface area (Å²) in [5.74, 6) is 0.717. The van der Waals surface area contributed by atoms with Gasteiger partial charge in [-0.05, 0) is 12.5 Å². The van der Waals surface area contributed by atoms with E-state index < -0.39 is 0 Å². The summed E-state index contributed by atoms with van der Waals surface area (Å²) >= 11 is 1.32. The largest absolute Gasteiger partial charge is 0.340 e. The molecule has 4 rings (SSSR count). The van der Waals surface area contributed by atoms with Crippen molar-refractivity contribution >= 4 is 33.3 Å². The normalized spacial score (nSPS) is 14.3. The number of hydrogen-bond acceptors (Lipinski definition) is 9. The molecular formula is C19H24N8O2S. The number of nitrogens with zero attached hydrogens (tertiary/aromatic N) is 8. The van der Waals surface area contributed by atoms with E-state index in [1.54, 1.807) is 23.4 Å². The molecule has 0 aliphatic carbocycles. The Morgan fingerprint density at radius 3 is 2.63 bits per heavy atom. The lowest BCUT2D eigenvalue weighted by Crippen LogP contribution is -2.51. The molecular weight excluding hydrogens is 404 g/mol. The minimum absolute atomic E-state index is 0.0253. The first-order valence-electron chi connectivity index (χ1n) is 9.96. The van der Waals surface area contributed by atoms with Gasteiger partial charge in [-0.2, -0.15) is 4.52 Å². The fraction of sp³-hybridized carbons (Fsp3) is 0.474. The average molecular weight is 429 g/mol. The topological polar surface area (TPSA) is 99.8 Å². The van der Waals surface area contributed by atoms with Crippen LogP contribution in [0.3, 0.4) is 0 Å². The van der Waals surface area contributed by atoms with Crippen LogP contribution in [0.5, 0.6) is 0 Å². The van der Waals surface area contributed by atoms with E-state index in [-0.39, 0.29) is 18.0 Å². The lowest BCUT2D eigenvalue weighted by atomic mass is 10.2. The summed E-state index contributed by atoms with van der Waals surface area (Å²) in [6.07, 6.45) is 5.12. The van der Waals surface area contributed by atoms with Crippen molar-refractivity contribution in [3.05, 3.63) is 40.6 Å². The lowest BCUT2D eigenvalue weighted by molar-refractivity contribution is -0.129. The first-order chi connectivity index (χ1) is 14.5. The van der Waals surface area contributed by atoms with Crippen LogP contribution < -0.4 is 15.4 Å². The lowest BCUT2D eigenvalue weighted by Gasteiger charge is -2.35. The molecule has 158 valence electrons. The number of carbonyl (C=O) groups is 1. The predicted molar refractivity (Wildman–Crippen MR) is 115 cm³/mol. The number of rotatable bonds is 6. The third kappa shape index (κ3) is 4.25. The van der Waals surface area contributed by atoms with E-state index in [1.165, 1.54) is 21.9 Å². The molecule has 3 aromatic rings. The fourth-order valence-electron chi connectivity index (χ4n) is 3.37. The summed E-state index contributed by atoms with van der Waals surface area (Å²) in [5, 5.41) is 4.95. The van der Waals surface area contributed by atoms with Crippen molar-refractivity contribution in [3.63, 3.8) is 0 Å². The summed E-state index contributed by atoms with van der Waals surface area (Å²) in [5.41, 5.74) is 0.585. The second-order valence-corrected chi connectivity index (χ2v) is 8.12. The van der Waals surface area contributed by atoms with Gasteiger partial charge in [0.1, 0.15) is 0 Å². The number of aromatic nitrogens is 5. The van der Waals surface area contributed by atoms with Crippen molar-refractivity contribution in [3.8, 4) is 0 Å². The monoisotopic (exact) mass is 428 g/mol. The molecule has 0 bridgehead atoms. The summed E-state index contributed by atoms with van der Waals surface area (Å²) < 4.78 is 1.30. The van der Waals surface area contributed by atoms with E-state index in [9.17, 15) is 9.59 Å². The van der Waals surface area contributed by atoms with Gasteiger partial charge in [-0.25, -0.2) is 15.0 Å². The molecule has 0 radical (unpaired) electrons. The maximum absolute atomic E-state index is 12.8. The van der Waals surface area contributed by atoms with Gasteiger partial charge in [0.15, 0.2) is 0 Å². The first kappa shape index (κ1) is 20.2. The van der Waals surface area contributed by atoms with Gasteiger partial charge in [0.25, 0.3) is 5.56 Å². The molecule has 1 aliphatic heterocycles.